The highest BCUT2D eigenvalue weighted by atomic mass is 16.3. The Labute approximate surface area is 255 Å². The van der Waals surface area contributed by atoms with Crippen LogP contribution in [-0.2, 0) is 4.79 Å². The summed E-state index contributed by atoms with van der Waals surface area (Å²) in [5.41, 5.74) is 5.75. The molecule has 248 valence electrons. The molecule has 0 spiro atoms. The summed E-state index contributed by atoms with van der Waals surface area (Å²) >= 11 is 0. The molecule has 3 atom stereocenters. The van der Waals surface area contributed by atoms with Crippen LogP contribution in [0, 0.1) is 6.92 Å². The summed E-state index contributed by atoms with van der Waals surface area (Å²) in [6.45, 7) is 7.22. The highest BCUT2D eigenvalue weighted by Crippen LogP contribution is 2.07. The fraction of sp³-hybridized carbons (Fsp3) is 0.786. The van der Waals surface area contributed by atoms with Crippen molar-refractivity contribution in [2.75, 3.05) is 85.9 Å². The van der Waals surface area contributed by atoms with E-state index in [4.69, 9.17) is 5.73 Å². The van der Waals surface area contributed by atoms with Gasteiger partial charge in [0.15, 0.2) is 0 Å². The van der Waals surface area contributed by atoms with E-state index in [1.54, 1.807) is 6.92 Å². The smallest absolute Gasteiger partial charge is 0.321 e. The predicted octanol–water partition coefficient (Wildman–Crippen LogP) is -1.60. The van der Waals surface area contributed by atoms with E-state index in [2.05, 4.69) is 59.4 Å². The van der Waals surface area contributed by atoms with Crippen molar-refractivity contribution < 1.29 is 33.9 Å². The lowest BCUT2D eigenvalue weighted by atomic mass is 10.1. The Morgan fingerprint density at radius 2 is 1.49 bits per heavy atom. The molecule has 10 N–H and O–H groups in total. The van der Waals surface area contributed by atoms with Crippen LogP contribution in [0.5, 0.6) is 0 Å². The topological polar surface area (TPSA) is 215 Å². The fourth-order valence-corrected chi connectivity index (χ4v) is 4.65. The van der Waals surface area contributed by atoms with E-state index in [-0.39, 0.29) is 30.3 Å². The van der Waals surface area contributed by atoms with Crippen molar-refractivity contribution in [1.29, 1.82) is 0 Å². The third-order valence-electron chi connectivity index (χ3n) is 7.15. The van der Waals surface area contributed by atoms with Gasteiger partial charge in [-0.1, -0.05) is 0 Å². The Kier molecular flexibility index (Phi) is 17.5. The number of carbonyl (C=O) groups excluding carboxylic acids is 2. The summed E-state index contributed by atoms with van der Waals surface area (Å²) in [4.78, 5) is 42.2. The molecule has 0 bridgehead atoms. The highest BCUT2D eigenvalue weighted by molar-refractivity contribution is 5.87. The van der Waals surface area contributed by atoms with Gasteiger partial charge >= 0.3 is 6.03 Å². The number of aliphatic hydroxyl groups is 3. The van der Waals surface area contributed by atoms with Gasteiger partial charge in [-0.25, -0.2) is 9.78 Å². The quantitative estimate of drug-likeness (QED) is 0.0416. The standard InChI is InChI=1S/C28H55N9O6/c1-21-18-25(41)34-27(33-21)35-28(43)32-13-9-17-37(4,5)15-7-11-30-24(40)20-22(38)19-23(39)26(42)31-12-8-16-36(2,3)14-6-10-29/h18,22-23,26,31,38-39,42H,6-17,19-20,29H2,1-5H3,(H2-2,30,32,33,34,35,40,41,43)/p+2. The number of anilines is 1. The van der Waals surface area contributed by atoms with E-state index in [0.29, 0.717) is 36.4 Å². The van der Waals surface area contributed by atoms with Crippen molar-refractivity contribution in [3.63, 3.8) is 0 Å². The second kappa shape index (κ2) is 19.6. The molecule has 0 saturated heterocycles. The number of amides is 3. The van der Waals surface area contributed by atoms with Crippen molar-refractivity contribution in [3.05, 3.63) is 22.1 Å². The maximum Gasteiger partial charge on any atom is 0.321 e. The predicted molar refractivity (Wildman–Crippen MR) is 166 cm³/mol. The van der Waals surface area contributed by atoms with E-state index < -0.39 is 24.5 Å². The Bertz CT molecular complexity index is 1020. The van der Waals surface area contributed by atoms with Gasteiger partial charge in [-0.3, -0.25) is 25.2 Å². The molecule has 0 aromatic carbocycles. The summed E-state index contributed by atoms with van der Waals surface area (Å²) in [6, 6.07) is 0.889. The molecule has 1 heterocycles. The molecule has 15 heteroatoms. The second-order valence-corrected chi connectivity index (χ2v) is 12.5. The van der Waals surface area contributed by atoms with Crippen LogP contribution in [0.1, 0.15) is 44.2 Å². The number of aryl methyl sites for hydroxylation is 1. The molecule has 0 aliphatic heterocycles. The number of nitrogens with zero attached hydrogens (tertiary/aromatic N) is 3. The lowest BCUT2D eigenvalue weighted by Crippen LogP contribution is -2.45. The summed E-state index contributed by atoms with van der Waals surface area (Å²) in [5.74, 6) is -0.219. The van der Waals surface area contributed by atoms with Gasteiger partial charge in [0.25, 0.3) is 5.56 Å². The van der Waals surface area contributed by atoms with Crippen LogP contribution < -0.4 is 32.6 Å². The lowest BCUT2D eigenvalue weighted by molar-refractivity contribution is -0.890. The number of nitrogens with two attached hydrogens (primary N) is 1. The van der Waals surface area contributed by atoms with Crippen molar-refractivity contribution in [2.45, 2.75) is 63.9 Å². The SMILES string of the molecule is Cc1cc(=O)[nH]c(NC(=O)NCCC[N+](C)(C)CCCNC(=O)CC(O)CC(O)C(O)NCCC[N+](C)(C)CCCN)n1. The van der Waals surface area contributed by atoms with Gasteiger partial charge in [0.1, 0.15) is 6.23 Å². The number of carbonyl (C=O) groups is 2. The van der Waals surface area contributed by atoms with Crippen LogP contribution in [-0.4, -0.2) is 145 Å². The normalized spacial score (nSPS) is 14.2. The van der Waals surface area contributed by atoms with Crippen LogP contribution >= 0.6 is 0 Å². The molecule has 1 rings (SSSR count). The van der Waals surface area contributed by atoms with E-state index in [1.807, 2.05) is 0 Å². The Morgan fingerprint density at radius 1 is 0.930 bits per heavy atom. The van der Waals surface area contributed by atoms with Gasteiger partial charge in [-0.05, 0) is 13.5 Å². The van der Waals surface area contributed by atoms with E-state index in [9.17, 15) is 29.7 Å². The number of quaternary nitrogens is 2. The van der Waals surface area contributed by atoms with Crippen LogP contribution in [0.25, 0.3) is 0 Å². The minimum atomic E-state index is -1.19. The van der Waals surface area contributed by atoms with Gasteiger partial charge in [0.05, 0.1) is 73.0 Å². The first kappa shape index (κ1) is 38.4. The summed E-state index contributed by atoms with van der Waals surface area (Å²) in [6.07, 6.45) is -0.505. The molecule has 0 radical (unpaired) electrons. The average molecular weight is 616 g/mol. The molecule has 0 aliphatic carbocycles. The zero-order valence-electron chi connectivity index (χ0n) is 26.7. The lowest BCUT2D eigenvalue weighted by Gasteiger charge is -2.30. The number of aromatic amines is 1. The van der Waals surface area contributed by atoms with Gasteiger partial charge in [0, 0.05) is 63.5 Å². The Balaban J connectivity index is 2.18. The largest absolute Gasteiger partial charge is 0.392 e. The summed E-state index contributed by atoms with van der Waals surface area (Å²) in [7, 11) is 8.39. The van der Waals surface area contributed by atoms with Gasteiger partial charge < -0.3 is 40.7 Å². The van der Waals surface area contributed by atoms with Gasteiger partial charge in [-0.15, -0.1) is 0 Å². The van der Waals surface area contributed by atoms with E-state index in [1.165, 1.54) is 6.07 Å². The third-order valence-corrected chi connectivity index (χ3v) is 7.15. The fourth-order valence-electron chi connectivity index (χ4n) is 4.65. The van der Waals surface area contributed by atoms with E-state index in [0.717, 1.165) is 56.3 Å². The summed E-state index contributed by atoms with van der Waals surface area (Å²) < 4.78 is 1.52. The zero-order chi connectivity index (χ0) is 32.5. The minimum absolute atomic E-state index is 0.0959. The molecule has 15 nitrogen and oxygen atoms in total. The first-order valence-corrected chi connectivity index (χ1v) is 15.1. The van der Waals surface area contributed by atoms with Crippen LogP contribution in [0.4, 0.5) is 10.7 Å². The molecule has 43 heavy (non-hydrogen) atoms. The zero-order valence-corrected chi connectivity index (χ0v) is 26.7. The molecule has 0 fully saturated rings. The number of urea groups is 1. The first-order chi connectivity index (χ1) is 20.1. The van der Waals surface area contributed by atoms with E-state index >= 15 is 0 Å². The minimum Gasteiger partial charge on any atom is -0.392 e. The second-order valence-electron chi connectivity index (χ2n) is 12.5. The number of hydrogen-bond acceptors (Lipinski definition) is 9. The molecular formula is C28H57N9O6+2. The van der Waals surface area contributed by atoms with Crippen LogP contribution in [0.3, 0.4) is 0 Å². The molecule has 3 unspecified atom stereocenters. The number of aliphatic hydroxyl groups excluding tert-OH is 3. The maximum atomic E-state index is 12.2. The van der Waals surface area contributed by atoms with Crippen molar-refractivity contribution >= 4 is 17.9 Å². The first-order valence-electron chi connectivity index (χ1n) is 15.1. The maximum absolute atomic E-state index is 12.2. The number of rotatable bonds is 22. The van der Waals surface area contributed by atoms with Gasteiger partial charge in [0.2, 0.25) is 11.9 Å². The monoisotopic (exact) mass is 615 g/mol. The van der Waals surface area contributed by atoms with Crippen molar-refractivity contribution in [2.24, 2.45) is 5.73 Å². The molecular weight excluding hydrogens is 558 g/mol. The molecule has 0 aliphatic rings. The Hall–Kier alpha value is -2.66. The van der Waals surface area contributed by atoms with Gasteiger partial charge in [-0.2, -0.15) is 0 Å². The number of aromatic nitrogens is 2. The Morgan fingerprint density at radius 3 is 2.07 bits per heavy atom. The highest BCUT2D eigenvalue weighted by Gasteiger charge is 2.22. The molecule has 0 saturated carbocycles. The van der Waals surface area contributed by atoms with Crippen molar-refractivity contribution in [3.8, 4) is 0 Å². The number of nitrogens with one attached hydrogen (secondary N) is 5. The third kappa shape index (κ3) is 18.6. The van der Waals surface area contributed by atoms with Crippen molar-refractivity contribution in [1.82, 2.24) is 25.9 Å². The molecule has 1 aromatic rings. The number of hydrogen-bond donors (Lipinski definition) is 9. The molecule has 1 aromatic heterocycles. The molecule has 3 amide bonds. The average Bonchev–Trinajstić information content (AvgIpc) is 2.89. The summed E-state index contributed by atoms with van der Waals surface area (Å²) in [5, 5.41) is 41.5. The number of H-pyrrole nitrogens is 1. The van der Waals surface area contributed by atoms with Crippen LogP contribution in [0.15, 0.2) is 10.9 Å². The van der Waals surface area contributed by atoms with Crippen LogP contribution in [0.2, 0.25) is 0 Å².